The second kappa shape index (κ2) is 5.18. The predicted octanol–water partition coefficient (Wildman–Crippen LogP) is 4.02. The molecule has 4 nitrogen and oxygen atoms in total. The number of ether oxygens (including phenoxy) is 1. The van der Waals surface area contributed by atoms with Crippen molar-refractivity contribution in [3.8, 4) is 11.1 Å². The average molecular weight is 310 g/mol. The molecule has 22 heavy (non-hydrogen) atoms. The predicted molar refractivity (Wildman–Crippen MR) is 86.2 cm³/mol. The molecule has 1 aliphatic carbocycles. The third kappa shape index (κ3) is 2.18. The summed E-state index contributed by atoms with van der Waals surface area (Å²) in [5, 5.41) is 3.16. The first-order valence-electron chi connectivity index (χ1n) is 7.20. The number of carbonyl (C=O) groups is 1. The summed E-state index contributed by atoms with van der Waals surface area (Å²) in [7, 11) is 1.39. The van der Waals surface area contributed by atoms with Gasteiger partial charge in [0.05, 0.1) is 7.11 Å². The van der Waals surface area contributed by atoms with Crippen LogP contribution in [-0.2, 0) is 4.74 Å². The maximum atomic E-state index is 12.2. The van der Waals surface area contributed by atoms with E-state index in [9.17, 15) is 4.79 Å². The molecule has 0 saturated heterocycles. The Morgan fingerprint density at radius 1 is 1.27 bits per heavy atom. The molecule has 5 heteroatoms. The summed E-state index contributed by atoms with van der Waals surface area (Å²) in [5.74, 6) is 0.745. The summed E-state index contributed by atoms with van der Waals surface area (Å²) >= 11 is 1.65. The van der Waals surface area contributed by atoms with Crippen LogP contribution < -0.4 is 0 Å². The number of aromatic nitrogens is 2. The third-order valence-electron chi connectivity index (χ3n) is 3.90. The van der Waals surface area contributed by atoms with Crippen molar-refractivity contribution in [2.75, 3.05) is 7.11 Å². The number of esters is 1. The summed E-state index contributed by atoms with van der Waals surface area (Å²) in [5.41, 5.74) is 2.10. The summed E-state index contributed by atoms with van der Waals surface area (Å²) < 4.78 is 6.10. The zero-order valence-electron chi connectivity index (χ0n) is 12.1. The standard InChI is InChI=1S/C17H14N2O2S/c1-21-17(20)15-12(8-18-16(19-15)10-6-7-10)13-9-22-14-5-3-2-4-11(13)14/h2-5,8-10H,6-7H2,1H3. The average Bonchev–Trinajstić information content (AvgIpc) is 3.33. The van der Waals surface area contributed by atoms with E-state index in [0.29, 0.717) is 11.6 Å². The molecule has 0 N–H and O–H groups in total. The largest absolute Gasteiger partial charge is 0.464 e. The van der Waals surface area contributed by atoms with Crippen molar-refractivity contribution < 1.29 is 9.53 Å². The van der Waals surface area contributed by atoms with E-state index in [1.54, 1.807) is 17.5 Å². The molecule has 0 bridgehead atoms. The number of carbonyl (C=O) groups excluding carboxylic acids is 1. The Morgan fingerprint density at radius 2 is 2.09 bits per heavy atom. The molecule has 1 aliphatic rings. The highest BCUT2D eigenvalue weighted by molar-refractivity contribution is 7.17. The van der Waals surface area contributed by atoms with Gasteiger partial charge in [-0.1, -0.05) is 18.2 Å². The van der Waals surface area contributed by atoms with Gasteiger partial charge in [-0.15, -0.1) is 11.3 Å². The lowest BCUT2D eigenvalue weighted by Gasteiger charge is -2.08. The number of thiophene rings is 1. The molecule has 2 aromatic heterocycles. The molecular weight excluding hydrogens is 296 g/mol. The Morgan fingerprint density at radius 3 is 2.86 bits per heavy atom. The lowest BCUT2D eigenvalue weighted by Crippen LogP contribution is -2.09. The molecule has 0 unspecified atom stereocenters. The SMILES string of the molecule is COC(=O)c1nc(C2CC2)ncc1-c1csc2ccccc12. The molecule has 1 aromatic carbocycles. The number of benzene rings is 1. The lowest BCUT2D eigenvalue weighted by molar-refractivity contribution is 0.0594. The van der Waals surface area contributed by atoms with Gasteiger partial charge in [-0.05, 0) is 24.3 Å². The van der Waals surface area contributed by atoms with E-state index in [-0.39, 0.29) is 0 Å². The molecule has 0 aliphatic heterocycles. The molecular formula is C17H14N2O2S. The van der Waals surface area contributed by atoms with E-state index < -0.39 is 5.97 Å². The van der Waals surface area contributed by atoms with Gasteiger partial charge in [-0.2, -0.15) is 0 Å². The Kier molecular flexibility index (Phi) is 3.15. The van der Waals surface area contributed by atoms with E-state index in [0.717, 1.165) is 35.2 Å². The minimum atomic E-state index is -0.408. The van der Waals surface area contributed by atoms with Crippen molar-refractivity contribution in [1.82, 2.24) is 9.97 Å². The zero-order chi connectivity index (χ0) is 15.1. The first kappa shape index (κ1) is 13.4. The van der Waals surface area contributed by atoms with E-state index in [2.05, 4.69) is 22.1 Å². The highest BCUT2D eigenvalue weighted by atomic mass is 32.1. The van der Waals surface area contributed by atoms with Crippen molar-refractivity contribution in [2.45, 2.75) is 18.8 Å². The van der Waals surface area contributed by atoms with Gasteiger partial charge >= 0.3 is 5.97 Å². The maximum Gasteiger partial charge on any atom is 0.357 e. The molecule has 1 fully saturated rings. The van der Waals surface area contributed by atoms with Gasteiger partial charge in [0.15, 0.2) is 5.69 Å². The molecule has 0 atom stereocenters. The Hall–Kier alpha value is -2.27. The fourth-order valence-corrected chi connectivity index (χ4v) is 3.53. The van der Waals surface area contributed by atoms with Crippen LogP contribution in [0, 0.1) is 0 Å². The molecule has 4 rings (SSSR count). The maximum absolute atomic E-state index is 12.2. The van der Waals surface area contributed by atoms with Crippen LogP contribution >= 0.6 is 11.3 Å². The van der Waals surface area contributed by atoms with Crippen molar-refractivity contribution in [3.63, 3.8) is 0 Å². The minimum Gasteiger partial charge on any atom is -0.464 e. The van der Waals surface area contributed by atoms with Crippen molar-refractivity contribution in [2.24, 2.45) is 0 Å². The van der Waals surface area contributed by atoms with E-state index in [1.165, 1.54) is 11.8 Å². The molecule has 2 heterocycles. The minimum absolute atomic E-state index is 0.364. The molecule has 3 aromatic rings. The van der Waals surface area contributed by atoms with Crippen LogP contribution in [-0.4, -0.2) is 23.0 Å². The van der Waals surface area contributed by atoms with Crippen molar-refractivity contribution >= 4 is 27.4 Å². The zero-order valence-corrected chi connectivity index (χ0v) is 12.9. The number of nitrogens with zero attached hydrogens (tertiary/aromatic N) is 2. The fourth-order valence-electron chi connectivity index (χ4n) is 2.57. The Balaban J connectivity index is 1.91. The van der Waals surface area contributed by atoms with Gasteiger partial charge in [0.2, 0.25) is 0 Å². The van der Waals surface area contributed by atoms with Gasteiger partial charge < -0.3 is 4.74 Å². The third-order valence-corrected chi connectivity index (χ3v) is 4.86. The summed E-state index contributed by atoms with van der Waals surface area (Å²) in [6, 6.07) is 8.13. The van der Waals surface area contributed by atoms with Gasteiger partial charge in [-0.3, -0.25) is 0 Å². The monoisotopic (exact) mass is 310 g/mol. The fraction of sp³-hybridized carbons (Fsp3) is 0.235. The van der Waals surface area contributed by atoms with E-state index in [1.807, 2.05) is 17.5 Å². The Bertz CT molecular complexity index is 868. The lowest BCUT2D eigenvalue weighted by atomic mass is 10.0. The number of methoxy groups -OCH3 is 1. The van der Waals surface area contributed by atoms with Crippen LogP contribution in [0.5, 0.6) is 0 Å². The summed E-state index contributed by atoms with van der Waals surface area (Å²) in [4.78, 5) is 21.1. The van der Waals surface area contributed by atoms with Crippen LogP contribution in [0.15, 0.2) is 35.8 Å². The van der Waals surface area contributed by atoms with Gasteiger partial charge in [0.1, 0.15) is 5.82 Å². The van der Waals surface area contributed by atoms with Crippen molar-refractivity contribution in [1.29, 1.82) is 0 Å². The molecule has 1 saturated carbocycles. The van der Waals surface area contributed by atoms with Crippen LogP contribution in [0.1, 0.15) is 35.1 Å². The smallest absolute Gasteiger partial charge is 0.357 e. The second-order valence-corrected chi connectivity index (χ2v) is 6.31. The van der Waals surface area contributed by atoms with Crippen LogP contribution in [0.4, 0.5) is 0 Å². The summed E-state index contributed by atoms with van der Waals surface area (Å²) in [6.45, 7) is 0. The number of fused-ring (bicyclic) bond motifs is 1. The number of hydrogen-bond donors (Lipinski definition) is 0. The normalized spacial score (nSPS) is 14.2. The highest BCUT2D eigenvalue weighted by Crippen LogP contribution is 2.40. The molecule has 0 radical (unpaired) electrons. The van der Waals surface area contributed by atoms with Gasteiger partial charge in [0, 0.05) is 33.3 Å². The number of rotatable bonds is 3. The van der Waals surface area contributed by atoms with Crippen molar-refractivity contribution in [3.05, 3.63) is 47.4 Å². The highest BCUT2D eigenvalue weighted by Gasteiger charge is 2.29. The van der Waals surface area contributed by atoms with E-state index in [4.69, 9.17) is 4.74 Å². The second-order valence-electron chi connectivity index (χ2n) is 5.40. The van der Waals surface area contributed by atoms with E-state index >= 15 is 0 Å². The summed E-state index contributed by atoms with van der Waals surface area (Å²) in [6.07, 6.45) is 3.96. The topological polar surface area (TPSA) is 52.1 Å². The van der Waals surface area contributed by atoms with Gasteiger partial charge in [0.25, 0.3) is 0 Å². The van der Waals surface area contributed by atoms with Gasteiger partial charge in [-0.25, -0.2) is 14.8 Å². The first-order chi connectivity index (χ1) is 10.8. The Labute approximate surface area is 131 Å². The van der Waals surface area contributed by atoms with Crippen LogP contribution in [0.3, 0.4) is 0 Å². The molecule has 110 valence electrons. The number of hydrogen-bond acceptors (Lipinski definition) is 5. The quantitative estimate of drug-likeness (QED) is 0.686. The van der Waals surface area contributed by atoms with Crippen LogP contribution in [0.25, 0.3) is 21.2 Å². The molecule has 0 amide bonds. The van der Waals surface area contributed by atoms with Crippen LogP contribution in [0.2, 0.25) is 0 Å². The molecule has 0 spiro atoms. The first-order valence-corrected chi connectivity index (χ1v) is 8.07.